The Morgan fingerprint density at radius 3 is 2.18 bits per heavy atom. The SMILES string of the molecule is O=C(O)c1nsc(C(=O)O)n1. The fraction of sp³-hybridized carbons (Fsp3) is 0. The predicted molar refractivity (Wildman–Crippen MR) is 33.8 cm³/mol. The summed E-state index contributed by atoms with van der Waals surface area (Å²) in [6.07, 6.45) is 0. The fourth-order valence-electron chi connectivity index (χ4n) is 0.397. The Bertz CT molecular complexity index is 278. The lowest BCUT2D eigenvalue weighted by molar-refractivity contribution is 0.0684. The van der Waals surface area contributed by atoms with Crippen LogP contribution >= 0.6 is 11.5 Å². The van der Waals surface area contributed by atoms with E-state index in [1.165, 1.54) is 0 Å². The van der Waals surface area contributed by atoms with E-state index in [2.05, 4.69) is 9.36 Å². The number of hydrogen-bond donors (Lipinski definition) is 2. The van der Waals surface area contributed by atoms with Gasteiger partial charge in [-0.3, -0.25) is 0 Å². The predicted octanol–water partition coefficient (Wildman–Crippen LogP) is -0.0655. The Hall–Kier alpha value is -1.50. The van der Waals surface area contributed by atoms with Gasteiger partial charge in [0, 0.05) is 0 Å². The van der Waals surface area contributed by atoms with Crippen LogP contribution in [0, 0.1) is 0 Å². The van der Waals surface area contributed by atoms with Gasteiger partial charge in [-0.15, -0.1) is 0 Å². The average molecular weight is 174 g/mol. The summed E-state index contributed by atoms with van der Waals surface area (Å²) in [5.41, 5.74) is 0. The second-order valence-corrected chi connectivity index (χ2v) is 2.29. The molecule has 0 aromatic carbocycles. The molecular formula is C4H2N2O4S. The summed E-state index contributed by atoms with van der Waals surface area (Å²) in [5, 5.41) is 16.2. The number of nitrogens with zero attached hydrogens (tertiary/aromatic N) is 2. The van der Waals surface area contributed by atoms with Crippen molar-refractivity contribution >= 4 is 23.5 Å². The molecule has 0 spiro atoms. The maximum Gasteiger partial charge on any atom is 0.375 e. The number of rotatable bonds is 2. The van der Waals surface area contributed by atoms with E-state index in [0.717, 1.165) is 0 Å². The van der Waals surface area contributed by atoms with E-state index in [4.69, 9.17) is 10.2 Å². The maximum absolute atomic E-state index is 10.2. The van der Waals surface area contributed by atoms with Gasteiger partial charge >= 0.3 is 11.9 Å². The van der Waals surface area contributed by atoms with Crippen molar-refractivity contribution in [2.75, 3.05) is 0 Å². The largest absolute Gasteiger partial charge is 0.476 e. The molecule has 6 nitrogen and oxygen atoms in total. The van der Waals surface area contributed by atoms with Gasteiger partial charge in [-0.2, -0.15) is 4.37 Å². The molecule has 0 aliphatic heterocycles. The fourth-order valence-corrected chi connectivity index (χ4v) is 0.894. The molecule has 0 aliphatic carbocycles. The molecule has 1 aromatic heterocycles. The molecule has 0 aliphatic rings. The van der Waals surface area contributed by atoms with Crippen molar-refractivity contribution in [1.29, 1.82) is 0 Å². The van der Waals surface area contributed by atoms with Crippen molar-refractivity contribution in [1.82, 2.24) is 9.36 Å². The van der Waals surface area contributed by atoms with Crippen LogP contribution in [0.3, 0.4) is 0 Å². The molecule has 0 radical (unpaired) electrons. The van der Waals surface area contributed by atoms with Crippen molar-refractivity contribution in [3.05, 3.63) is 10.8 Å². The second-order valence-electron chi connectivity index (χ2n) is 1.53. The lowest BCUT2D eigenvalue weighted by Gasteiger charge is -1.79. The highest BCUT2D eigenvalue weighted by atomic mass is 32.1. The zero-order chi connectivity index (χ0) is 8.43. The van der Waals surface area contributed by atoms with Crippen LogP contribution in [-0.2, 0) is 0 Å². The second kappa shape index (κ2) is 2.62. The Morgan fingerprint density at radius 2 is 1.91 bits per heavy atom. The van der Waals surface area contributed by atoms with Gasteiger partial charge in [-0.05, 0) is 11.5 Å². The molecule has 58 valence electrons. The molecule has 0 saturated heterocycles. The Morgan fingerprint density at radius 1 is 1.27 bits per heavy atom. The van der Waals surface area contributed by atoms with Crippen molar-refractivity contribution in [3.8, 4) is 0 Å². The van der Waals surface area contributed by atoms with E-state index in [9.17, 15) is 9.59 Å². The van der Waals surface area contributed by atoms with Gasteiger partial charge in [0.25, 0.3) is 5.82 Å². The molecule has 1 heterocycles. The minimum Gasteiger partial charge on any atom is -0.476 e. The first-order valence-corrected chi connectivity index (χ1v) is 3.19. The zero-order valence-electron chi connectivity index (χ0n) is 5.01. The number of aromatic nitrogens is 2. The first-order valence-electron chi connectivity index (χ1n) is 2.41. The van der Waals surface area contributed by atoms with Crippen LogP contribution in [0.5, 0.6) is 0 Å². The molecule has 0 amide bonds. The molecule has 1 rings (SSSR count). The number of aromatic carboxylic acids is 2. The highest BCUT2D eigenvalue weighted by Crippen LogP contribution is 2.03. The van der Waals surface area contributed by atoms with Gasteiger partial charge in [0.2, 0.25) is 5.01 Å². The van der Waals surface area contributed by atoms with Crippen molar-refractivity contribution in [3.63, 3.8) is 0 Å². The summed E-state index contributed by atoms with van der Waals surface area (Å²) in [4.78, 5) is 23.5. The van der Waals surface area contributed by atoms with Crippen LogP contribution in [0.4, 0.5) is 0 Å². The lowest BCUT2D eigenvalue weighted by atomic mass is 10.6. The standard InChI is InChI=1S/C4H2N2O4S/c7-3(8)1-5-2(4(9)10)11-6-1/h(H,7,8)(H,9,10). The summed E-state index contributed by atoms with van der Waals surface area (Å²) in [6.45, 7) is 0. The molecule has 0 unspecified atom stereocenters. The van der Waals surface area contributed by atoms with E-state index >= 15 is 0 Å². The Balaban J connectivity index is 2.99. The van der Waals surface area contributed by atoms with E-state index in [-0.39, 0.29) is 5.01 Å². The molecule has 2 N–H and O–H groups in total. The average Bonchev–Trinajstić information content (AvgIpc) is 2.33. The molecule has 0 bridgehead atoms. The summed E-state index contributed by atoms with van der Waals surface area (Å²) < 4.78 is 3.29. The highest BCUT2D eigenvalue weighted by Gasteiger charge is 2.14. The van der Waals surface area contributed by atoms with Crippen molar-refractivity contribution in [2.24, 2.45) is 0 Å². The van der Waals surface area contributed by atoms with Crippen LogP contribution in [-0.4, -0.2) is 31.5 Å². The van der Waals surface area contributed by atoms with Gasteiger partial charge in [0.15, 0.2) is 0 Å². The van der Waals surface area contributed by atoms with Gasteiger partial charge in [0.05, 0.1) is 0 Å². The van der Waals surface area contributed by atoms with E-state index < -0.39 is 17.8 Å². The van der Waals surface area contributed by atoms with Crippen LogP contribution < -0.4 is 0 Å². The first kappa shape index (κ1) is 7.61. The Labute approximate surface area is 64.3 Å². The van der Waals surface area contributed by atoms with Crippen LogP contribution in [0.1, 0.15) is 20.4 Å². The molecule has 0 fully saturated rings. The third-order valence-electron chi connectivity index (χ3n) is 0.800. The smallest absolute Gasteiger partial charge is 0.375 e. The summed E-state index contributed by atoms with van der Waals surface area (Å²) in [5.74, 6) is -3.07. The molecule has 1 aromatic rings. The normalized spacial score (nSPS) is 9.45. The van der Waals surface area contributed by atoms with Gasteiger partial charge in [-0.25, -0.2) is 14.6 Å². The number of hydrogen-bond acceptors (Lipinski definition) is 5. The molecule has 0 saturated carbocycles. The van der Waals surface area contributed by atoms with Gasteiger partial charge in [0.1, 0.15) is 0 Å². The quantitative estimate of drug-likeness (QED) is 0.651. The number of carboxylic acid groups (broad SMARTS) is 2. The van der Waals surface area contributed by atoms with Crippen LogP contribution in [0.15, 0.2) is 0 Å². The summed E-state index contributed by atoms with van der Waals surface area (Å²) in [6, 6.07) is 0. The first-order chi connectivity index (χ1) is 5.11. The summed E-state index contributed by atoms with van der Waals surface area (Å²) in [7, 11) is 0. The van der Waals surface area contributed by atoms with E-state index in [1.807, 2.05) is 0 Å². The monoisotopic (exact) mass is 174 g/mol. The summed E-state index contributed by atoms with van der Waals surface area (Å²) >= 11 is 0.544. The lowest BCUT2D eigenvalue weighted by Crippen LogP contribution is -2.01. The molecular weight excluding hydrogens is 172 g/mol. The third-order valence-corrected chi connectivity index (χ3v) is 1.50. The van der Waals surface area contributed by atoms with Crippen LogP contribution in [0.25, 0.3) is 0 Å². The van der Waals surface area contributed by atoms with Gasteiger partial charge < -0.3 is 10.2 Å². The topological polar surface area (TPSA) is 100 Å². The van der Waals surface area contributed by atoms with E-state index in [0.29, 0.717) is 11.5 Å². The molecule has 7 heteroatoms. The molecule has 11 heavy (non-hydrogen) atoms. The zero-order valence-corrected chi connectivity index (χ0v) is 5.83. The van der Waals surface area contributed by atoms with E-state index in [1.54, 1.807) is 0 Å². The van der Waals surface area contributed by atoms with Crippen molar-refractivity contribution < 1.29 is 19.8 Å². The third kappa shape index (κ3) is 1.49. The van der Waals surface area contributed by atoms with Crippen LogP contribution in [0.2, 0.25) is 0 Å². The molecule has 0 atom stereocenters. The van der Waals surface area contributed by atoms with Crippen molar-refractivity contribution in [2.45, 2.75) is 0 Å². The Kier molecular flexibility index (Phi) is 1.81. The number of carboxylic acids is 2. The highest BCUT2D eigenvalue weighted by molar-refractivity contribution is 7.07. The van der Waals surface area contributed by atoms with Gasteiger partial charge in [-0.1, -0.05) is 0 Å². The maximum atomic E-state index is 10.2. The minimum atomic E-state index is -1.33. The number of carbonyl (C=O) groups is 2. The minimum absolute atomic E-state index is 0.317.